The second kappa shape index (κ2) is 6.16. The Bertz CT molecular complexity index is 55.1. The van der Waals surface area contributed by atoms with Crippen molar-refractivity contribution in [2.45, 2.75) is 52.7 Å². The van der Waals surface area contributed by atoms with E-state index in [9.17, 15) is 10.2 Å². The summed E-state index contributed by atoms with van der Waals surface area (Å²) < 4.78 is 0. The first kappa shape index (κ1) is 17.6. The molecule has 3 heteroatoms. The summed E-state index contributed by atoms with van der Waals surface area (Å²) in [4.78, 5) is 0. The molecule has 2 nitrogen and oxygen atoms in total. The van der Waals surface area contributed by atoms with Gasteiger partial charge in [-0.3, -0.25) is 0 Å². The van der Waals surface area contributed by atoms with Gasteiger partial charge in [0, 0.05) is 0 Å². The van der Waals surface area contributed by atoms with Gasteiger partial charge in [-0.2, -0.15) is 0 Å². The van der Waals surface area contributed by atoms with Crippen LogP contribution in [0.3, 0.4) is 0 Å². The average Bonchev–Trinajstić information content (AvgIpc) is 1.12. The number of rotatable bonds is 0. The minimum Gasteiger partial charge on any atom is -0.850 e. The van der Waals surface area contributed by atoms with Crippen LogP contribution in [0.1, 0.15) is 41.5 Å². The van der Waals surface area contributed by atoms with Gasteiger partial charge in [-0.05, 0) is 0 Å². The Morgan fingerprint density at radius 3 is 0.636 bits per heavy atom. The summed E-state index contributed by atoms with van der Waals surface area (Å²) in [6.45, 7) is 9.79. The largest absolute Gasteiger partial charge is 6.00 e. The first-order valence-corrected chi connectivity index (χ1v) is 3.41. The minimum absolute atomic E-state index is 0. The molecular weight excluding hydrogens is 224 g/mol. The Balaban J connectivity index is -0.000000107. The van der Waals surface area contributed by atoms with Crippen LogP contribution in [0.5, 0.6) is 0 Å². The fourth-order valence-corrected chi connectivity index (χ4v) is 0. The summed E-state index contributed by atoms with van der Waals surface area (Å²) in [7, 11) is 0. The van der Waals surface area contributed by atoms with E-state index in [0.29, 0.717) is 0 Å². The Labute approximate surface area is 84.3 Å². The van der Waals surface area contributed by atoms with E-state index in [0.717, 1.165) is 0 Å². The van der Waals surface area contributed by atoms with Crippen molar-refractivity contribution in [2.75, 3.05) is 0 Å². The fourth-order valence-electron chi connectivity index (χ4n) is 0. The molecule has 0 aromatic rings. The molecule has 0 aromatic carbocycles. The van der Waals surface area contributed by atoms with Crippen LogP contribution in [0.4, 0.5) is 0 Å². The van der Waals surface area contributed by atoms with Crippen LogP contribution < -0.4 is 10.2 Å². The van der Waals surface area contributed by atoms with E-state index in [2.05, 4.69) is 0 Å². The first-order chi connectivity index (χ1) is 4.00. The second-order valence-corrected chi connectivity index (χ2v) is 4.22. The molecule has 0 rings (SSSR count). The van der Waals surface area contributed by atoms with Gasteiger partial charge in [0.1, 0.15) is 0 Å². The van der Waals surface area contributed by atoms with E-state index < -0.39 is 11.2 Å². The van der Waals surface area contributed by atoms with Crippen LogP contribution in [0.2, 0.25) is 0 Å². The minimum atomic E-state index is -0.750. The van der Waals surface area contributed by atoms with Gasteiger partial charge < -0.3 is 10.2 Å². The molecule has 0 radical (unpaired) electrons. The third-order valence-corrected chi connectivity index (χ3v) is 0. The molecule has 0 saturated carbocycles. The van der Waals surface area contributed by atoms with Crippen LogP contribution in [0.25, 0.3) is 0 Å². The molecule has 0 heterocycles. The fraction of sp³-hybridized carbons (Fsp3) is 1.00. The molecular formula is C8H18MoO2+4. The topological polar surface area (TPSA) is 46.1 Å². The Hall–Kier alpha value is 0.608. The molecule has 0 unspecified atom stereocenters. The number of hydrogen-bond donors (Lipinski definition) is 0. The molecule has 0 aliphatic heterocycles. The zero-order valence-electron chi connectivity index (χ0n) is 8.22. The quantitative estimate of drug-likeness (QED) is 0.573. The van der Waals surface area contributed by atoms with E-state index >= 15 is 0 Å². The van der Waals surface area contributed by atoms with E-state index in [1.54, 1.807) is 41.5 Å². The van der Waals surface area contributed by atoms with Gasteiger partial charge in [-0.25, -0.2) is 0 Å². The number of hydrogen-bond acceptors (Lipinski definition) is 2. The molecule has 0 spiro atoms. The predicted molar refractivity (Wildman–Crippen MR) is 39.5 cm³/mol. The van der Waals surface area contributed by atoms with Crippen LogP contribution in [-0.4, -0.2) is 11.2 Å². The van der Waals surface area contributed by atoms with Crippen LogP contribution >= 0.6 is 0 Å². The van der Waals surface area contributed by atoms with Crippen molar-refractivity contribution < 1.29 is 31.3 Å². The Morgan fingerprint density at radius 2 is 0.636 bits per heavy atom. The predicted octanol–water partition coefficient (Wildman–Crippen LogP) is 0.288. The zero-order chi connectivity index (χ0) is 9.00. The van der Waals surface area contributed by atoms with Crippen molar-refractivity contribution in [3.8, 4) is 0 Å². The van der Waals surface area contributed by atoms with Crippen molar-refractivity contribution >= 4 is 0 Å². The van der Waals surface area contributed by atoms with Crippen LogP contribution in [0, 0.1) is 0 Å². The first-order valence-electron chi connectivity index (χ1n) is 3.41. The molecule has 0 aliphatic rings. The van der Waals surface area contributed by atoms with E-state index in [4.69, 9.17) is 0 Å². The summed E-state index contributed by atoms with van der Waals surface area (Å²) >= 11 is 0. The van der Waals surface area contributed by atoms with Gasteiger partial charge in [0.15, 0.2) is 0 Å². The van der Waals surface area contributed by atoms with Crippen LogP contribution in [-0.2, 0) is 21.1 Å². The smallest absolute Gasteiger partial charge is 0.850 e. The molecule has 0 aliphatic carbocycles. The van der Waals surface area contributed by atoms with Gasteiger partial charge in [0.05, 0.1) is 0 Å². The van der Waals surface area contributed by atoms with Gasteiger partial charge in [0.25, 0.3) is 0 Å². The molecule has 11 heavy (non-hydrogen) atoms. The maximum absolute atomic E-state index is 10.1. The summed E-state index contributed by atoms with van der Waals surface area (Å²) in [5.41, 5.74) is -1.50. The zero-order valence-corrected chi connectivity index (χ0v) is 10.2. The van der Waals surface area contributed by atoms with Crippen molar-refractivity contribution in [3.05, 3.63) is 0 Å². The van der Waals surface area contributed by atoms with E-state index in [1.807, 2.05) is 0 Å². The van der Waals surface area contributed by atoms with Crippen LogP contribution in [0.15, 0.2) is 0 Å². The van der Waals surface area contributed by atoms with Crippen molar-refractivity contribution in [3.63, 3.8) is 0 Å². The molecule has 0 atom stereocenters. The summed E-state index contributed by atoms with van der Waals surface area (Å²) in [6.07, 6.45) is 0. The molecule has 0 fully saturated rings. The Morgan fingerprint density at radius 1 is 0.636 bits per heavy atom. The maximum Gasteiger partial charge on any atom is 6.00 e. The molecule has 0 aromatic heterocycles. The molecule has 0 amide bonds. The molecule has 0 N–H and O–H groups in total. The van der Waals surface area contributed by atoms with Gasteiger partial charge in [-0.15, -0.1) is 11.2 Å². The monoisotopic (exact) mass is 244 g/mol. The average molecular weight is 242 g/mol. The summed E-state index contributed by atoms with van der Waals surface area (Å²) in [5, 5.41) is 20.2. The molecule has 0 bridgehead atoms. The van der Waals surface area contributed by atoms with Crippen molar-refractivity contribution in [2.24, 2.45) is 0 Å². The van der Waals surface area contributed by atoms with E-state index in [1.165, 1.54) is 0 Å². The standard InChI is InChI=1S/2C4H9O.Mo/c2*1-4(2,3)5;/h2*1-3H3;/q2*-1;+6. The second-order valence-electron chi connectivity index (χ2n) is 4.22. The molecule has 64 valence electrons. The van der Waals surface area contributed by atoms with Crippen molar-refractivity contribution in [1.82, 2.24) is 0 Å². The van der Waals surface area contributed by atoms with E-state index in [-0.39, 0.29) is 21.1 Å². The van der Waals surface area contributed by atoms with Gasteiger partial charge in [-0.1, -0.05) is 41.5 Å². The third-order valence-electron chi connectivity index (χ3n) is 0. The normalized spacial score (nSPS) is 10.9. The summed E-state index contributed by atoms with van der Waals surface area (Å²) in [5.74, 6) is 0. The van der Waals surface area contributed by atoms with Gasteiger partial charge in [0.2, 0.25) is 0 Å². The van der Waals surface area contributed by atoms with Crippen molar-refractivity contribution in [1.29, 1.82) is 0 Å². The third kappa shape index (κ3) is 2120. The maximum atomic E-state index is 10.1. The van der Waals surface area contributed by atoms with Gasteiger partial charge >= 0.3 is 21.1 Å². The molecule has 0 saturated heterocycles. The summed E-state index contributed by atoms with van der Waals surface area (Å²) in [6, 6.07) is 0. The SMILES string of the molecule is CC(C)(C)[O-].CC(C)(C)[O-].[Mo+6]. The Kier molecular flexibility index (Phi) is 9.87.